The van der Waals surface area contributed by atoms with Crippen molar-refractivity contribution in [2.75, 3.05) is 0 Å². The van der Waals surface area contributed by atoms with Crippen LogP contribution in [0, 0.1) is 0 Å². The van der Waals surface area contributed by atoms with E-state index in [4.69, 9.17) is 11.6 Å². The molecule has 0 bridgehead atoms. The monoisotopic (exact) mass is 365 g/mol. The predicted octanol–water partition coefficient (Wildman–Crippen LogP) is 4.88. The summed E-state index contributed by atoms with van der Waals surface area (Å²) in [4.78, 5) is 12.6. The number of phenols is 1. The van der Waals surface area contributed by atoms with E-state index in [0.717, 1.165) is 16.7 Å². The first-order valence-corrected chi connectivity index (χ1v) is 8.86. The van der Waals surface area contributed by atoms with Crippen molar-refractivity contribution in [3.8, 4) is 5.75 Å². The predicted molar refractivity (Wildman–Crippen MR) is 104 cm³/mol. The maximum absolute atomic E-state index is 12.6. The molecule has 0 unspecified atom stereocenters. The summed E-state index contributed by atoms with van der Waals surface area (Å²) in [7, 11) is 0. The number of hydrogen-bond donors (Lipinski definition) is 2. The number of amides is 1. The van der Waals surface area contributed by atoms with E-state index < -0.39 is 0 Å². The Morgan fingerprint density at radius 3 is 2.31 bits per heavy atom. The molecule has 1 amide bonds. The zero-order valence-corrected chi connectivity index (χ0v) is 15.0. The van der Waals surface area contributed by atoms with Gasteiger partial charge in [-0.15, -0.1) is 0 Å². The number of carbonyl (C=O) groups excluding carboxylic acids is 1. The molecule has 3 nitrogen and oxygen atoms in total. The second-order valence-electron chi connectivity index (χ2n) is 6.09. The van der Waals surface area contributed by atoms with Gasteiger partial charge in [-0.25, -0.2) is 0 Å². The van der Waals surface area contributed by atoms with Crippen LogP contribution < -0.4 is 5.32 Å². The highest BCUT2D eigenvalue weighted by Crippen LogP contribution is 2.33. The Hall–Kier alpha value is -2.78. The lowest BCUT2D eigenvalue weighted by Gasteiger charge is -2.19. The maximum Gasteiger partial charge on any atom is 0.221 e. The fourth-order valence-electron chi connectivity index (χ4n) is 2.97. The number of nitrogens with one attached hydrogen (secondary N) is 1. The summed E-state index contributed by atoms with van der Waals surface area (Å²) in [5.41, 5.74) is 2.61. The van der Waals surface area contributed by atoms with E-state index >= 15 is 0 Å². The van der Waals surface area contributed by atoms with Crippen molar-refractivity contribution in [2.24, 2.45) is 0 Å². The summed E-state index contributed by atoms with van der Waals surface area (Å²) in [6.07, 6.45) is 0.242. The highest BCUT2D eigenvalue weighted by atomic mass is 35.5. The van der Waals surface area contributed by atoms with Crippen molar-refractivity contribution in [2.45, 2.75) is 18.9 Å². The zero-order valence-electron chi connectivity index (χ0n) is 14.2. The quantitative estimate of drug-likeness (QED) is 0.653. The van der Waals surface area contributed by atoms with Crippen LogP contribution in [0.5, 0.6) is 5.75 Å². The molecule has 0 heterocycles. The Balaban J connectivity index is 1.77. The van der Waals surface area contributed by atoms with Gasteiger partial charge in [0.2, 0.25) is 5.91 Å². The van der Waals surface area contributed by atoms with Crippen molar-refractivity contribution in [3.05, 3.63) is 101 Å². The van der Waals surface area contributed by atoms with Crippen molar-refractivity contribution >= 4 is 17.5 Å². The van der Waals surface area contributed by atoms with Gasteiger partial charge in [0.15, 0.2) is 0 Å². The minimum absolute atomic E-state index is 0.0953. The second kappa shape index (κ2) is 8.54. The lowest BCUT2D eigenvalue weighted by Crippen LogP contribution is -2.25. The molecule has 0 aromatic heterocycles. The third-order valence-corrected chi connectivity index (χ3v) is 4.71. The molecular weight excluding hydrogens is 346 g/mol. The number of rotatable bonds is 6. The smallest absolute Gasteiger partial charge is 0.221 e. The maximum atomic E-state index is 12.6. The molecule has 3 rings (SSSR count). The summed E-state index contributed by atoms with van der Waals surface area (Å²) in [6, 6.07) is 24.3. The van der Waals surface area contributed by atoms with Gasteiger partial charge in [0.1, 0.15) is 5.75 Å². The van der Waals surface area contributed by atoms with E-state index in [1.165, 1.54) is 0 Å². The summed E-state index contributed by atoms with van der Waals surface area (Å²) < 4.78 is 0. The van der Waals surface area contributed by atoms with Gasteiger partial charge < -0.3 is 10.4 Å². The van der Waals surface area contributed by atoms with Crippen LogP contribution in [-0.2, 0) is 11.3 Å². The molecule has 0 aliphatic heterocycles. The van der Waals surface area contributed by atoms with Crippen LogP contribution in [0.2, 0.25) is 5.02 Å². The molecule has 132 valence electrons. The lowest BCUT2D eigenvalue weighted by atomic mass is 9.87. The molecule has 4 heteroatoms. The van der Waals surface area contributed by atoms with Crippen molar-refractivity contribution in [1.29, 1.82) is 0 Å². The molecule has 3 aromatic carbocycles. The molecule has 0 aliphatic carbocycles. The van der Waals surface area contributed by atoms with Crippen molar-refractivity contribution in [3.63, 3.8) is 0 Å². The van der Waals surface area contributed by atoms with Crippen LogP contribution in [0.3, 0.4) is 0 Å². The van der Waals surface area contributed by atoms with Gasteiger partial charge in [0, 0.05) is 29.5 Å². The summed E-state index contributed by atoms with van der Waals surface area (Å²) >= 11 is 6.14. The SMILES string of the molecule is O=C(C[C@H](c1ccccc1)c1ccccc1O)NCc1ccccc1Cl. The first kappa shape index (κ1) is 18.0. The topological polar surface area (TPSA) is 49.3 Å². The van der Waals surface area contributed by atoms with Crippen LogP contribution in [0.15, 0.2) is 78.9 Å². The Morgan fingerprint density at radius 2 is 1.58 bits per heavy atom. The third kappa shape index (κ3) is 4.44. The number of benzene rings is 3. The van der Waals surface area contributed by atoms with Crippen molar-refractivity contribution in [1.82, 2.24) is 5.32 Å². The molecule has 0 saturated carbocycles. The summed E-state index contributed by atoms with van der Waals surface area (Å²) in [5.74, 6) is -0.120. The largest absolute Gasteiger partial charge is 0.508 e. The van der Waals surface area contributed by atoms with E-state index in [9.17, 15) is 9.90 Å². The van der Waals surface area contributed by atoms with Gasteiger partial charge >= 0.3 is 0 Å². The molecule has 0 fully saturated rings. The van der Waals surface area contributed by atoms with E-state index in [1.807, 2.05) is 60.7 Å². The van der Waals surface area contributed by atoms with E-state index in [2.05, 4.69) is 5.32 Å². The average Bonchev–Trinajstić information content (AvgIpc) is 2.67. The number of carbonyl (C=O) groups is 1. The fourth-order valence-corrected chi connectivity index (χ4v) is 3.17. The lowest BCUT2D eigenvalue weighted by molar-refractivity contribution is -0.121. The van der Waals surface area contributed by atoms with E-state index in [0.29, 0.717) is 11.6 Å². The molecule has 2 N–H and O–H groups in total. The molecule has 0 radical (unpaired) electrons. The number of hydrogen-bond acceptors (Lipinski definition) is 2. The number of para-hydroxylation sites is 1. The van der Waals surface area contributed by atoms with Crippen LogP contribution in [-0.4, -0.2) is 11.0 Å². The van der Waals surface area contributed by atoms with Crippen LogP contribution in [0.1, 0.15) is 29.0 Å². The molecule has 26 heavy (non-hydrogen) atoms. The molecule has 3 aromatic rings. The third-order valence-electron chi connectivity index (χ3n) is 4.34. The van der Waals surface area contributed by atoms with Gasteiger partial charge in [-0.1, -0.05) is 78.3 Å². The first-order chi connectivity index (χ1) is 12.6. The highest BCUT2D eigenvalue weighted by Gasteiger charge is 2.20. The molecular formula is C22H20ClNO2. The molecule has 0 spiro atoms. The highest BCUT2D eigenvalue weighted by molar-refractivity contribution is 6.31. The van der Waals surface area contributed by atoms with E-state index in [1.54, 1.807) is 18.2 Å². The van der Waals surface area contributed by atoms with Crippen molar-refractivity contribution < 1.29 is 9.90 Å². The fraction of sp³-hybridized carbons (Fsp3) is 0.136. The van der Waals surface area contributed by atoms with Gasteiger partial charge in [0.25, 0.3) is 0 Å². The number of aromatic hydroxyl groups is 1. The van der Waals surface area contributed by atoms with Crippen LogP contribution in [0.4, 0.5) is 0 Å². The Morgan fingerprint density at radius 1 is 0.923 bits per heavy atom. The average molecular weight is 366 g/mol. The zero-order chi connectivity index (χ0) is 18.4. The van der Waals surface area contributed by atoms with Gasteiger partial charge in [-0.3, -0.25) is 4.79 Å². The standard InChI is InChI=1S/C22H20ClNO2/c23-20-12-6-4-10-17(20)15-24-22(26)14-19(16-8-2-1-3-9-16)18-11-5-7-13-21(18)25/h1-13,19,25H,14-15H2,(H,24,26)/t19-/m1/s1. The Labute approximate surface area is 158 Å². The Bertz CT molecular complexity index is 880. The molecule has 0 aliphatic rings. The van der Waals surface area contributed by atoms with Gasteiger partial charge in [0.05, 0.1) is 0 Å². The molecule has 0 saturated heterocycles. The van der Waals surface area contributed by atoms with Crippen LogP contribution in [0.25, 0.3) is 0 Å². The van der Waals surface area contributed by atoms with Crippen LogP contribution >= 0.6 is 11.6 Å². The summed E-state index contributed by atoms with van der Waals surface area (Å²) in [6.45, 7) is 0.376. The van der Waals surface area contributed by atoms with Gasteiger partial charge in [-0.2, -0.15) is 0 Å². The second-order valence-corrected chi connectivity index (χ2v) is 6.50. The molecule has 1 atom stereocenters. The minimum atomic E-state index is -0.219. The normalized spacial score (nSPS) is 11.7. The number of phenolic OH excluding ortho intramolecular Hbond substituents is 1. The van der Waals surface area contributed by atoms with E-state index in [-0.39, 0.29) is 24.0 Å². The summed E-state index contributed by atoms with van der Waals surface area (Å²) in [5, 5.41) is 13.8. The van der Waals surface area contributed by atoms with Gasteiger partial charge in [-0.05, 0) is 23.3 Å². The minimum Gasteiger partial charge on any atom is -0.508 e. The number of halogens is 1. The first-order valence-electron chi connectivity index (χ1n) is 8.48. The Kier molecular flexibility index (Phi) is 5.92.